The largest absolute Gasteiger partial charge is 0.469 e. The van der Waals surface area contributed by atoms with Gasteiger partial charge in [-0.1, -0.05) is 12.7 Å². The summed E-state index contributed by atoms with van der Waals surface area (Å²) in [5.41, 5.74) is 5.47. The molecule has 16 heteroatoms. The monoisotopic (exact) mass is 559 g/mol. The number of carbonyl (C=O) groups is 7. The lowest BCUT2D eigenvalue weighted by Gasteiger charge is -2.22. The lowest BCUT2D eigenvalue weighted by Crippen LogP contribution is -2.56. The maximum absolute atomic E-state index is 12.8. The van der Waals surface area contributed by atoms with Gasteiger partial charge in [-0.25, -0.2) is 4.79 Å². The zero-order chi connectivity index (χ0) is 30.0. The number of rotatable bonds is 18. The lowest BCUT2D eigenvalue weighted by atomic mass is 10.1. The normalized spacial score (nSPS) is 13.4. The molecule has 4 atom stereocenters. The summed E-state index contributed by atoms with van der Waals surface area (Å²) in [5.74, 6) is -5.53. The molecule has 4 amide bonds. The second-order valence-electron chi connectivity index (χ2n) is 8.02. The minimum Gasteiger partial charge on any atom is -0.469 e. The summed E-state index contributed by atoms with van der Waals surface area (Å²) in [6.07, 6.45) is 0.445. The van der Waals surface area contributed by atoms with E-state index in [1.165, 1.54) is 27.2 Å². The van der Waals surface area contributed by atoms with Crippen molar-refractivity contribution in [1.82, 2.24) is 21.3 Å². The van der Waals surface area contributed by atoms with Gasteiger partial charge in [0, 0.05) is 13.5 Å². The Kier molecular flexibility index (Phi) is 17.1. The van der Waals surface area contributed by atoms with Gasteiger partial charge in [-0.3, -0.25) is 28.8 Å². The number of carbonyl (C=O) groups excluding carboxylic acids is 7. The minimum atomic E-state index is -1.38. The second kappa shape index (κ2) is 19.1. The van der Waals surface area contributed by atoms with E-state index in [9.17, 15) is 33.6 Å². The second-order valence-corrected chi connectivity index (χ2v) is 8.02. The fourth-order valence-corrected chi connectivity index (χ4v) is 2.78. The number of ether oxygens (including phenoxy) is 4. The third-order valence-corrected chi connectivity index (χ3v) is 4.86. The van der Waals surface area contributed by atoms with E-state index in [1.54, 1.807) is 0 Å². The van der Waals surface area contributed by atoms with E-state index in [0.717, 1.165) is 7.11 Å². The number of hydrogen-bond acceptors (Lipinski definition) is 12. The molecule has 6 N–H and O–H groups in total. The molecule has 0 aromatic carbocycles. The van der Waals surface area contributed by atoms with Crippen molar-refractivity contribution in [3.05, 3.63) is 12.7 Å². The van der Waals surface area contributed by atoms with Crippen molar-refractivity contribution in [3.8, 4) is 0 Å². The average molecular weight is 560 g/mol. The fraction of sp³-hybridized carbons (Fsp3) is 0.609. The van der Waals surface area contributed by atoms with Gasteiger partial charge >= 0.3 is 17.9 Å². The highest BCUT2D eigenvalue weighted by Gasteiger charge is 2.29. The van der Waals surface area contributed by atoms with Crippen molar-refractivity contribution >= 4 is 41.5 Å². The van der Waals surface area contributed by atoms with Crippen LogP contribution >= 0.6 is 0 Å². The van der Waals surface area contributed by atoms with E-state index in [1.807, 2.05) is 0 Å². The first kappa shape index (κ1) is 35.0. The Hall–Kier alpha value is -4.05. The van der Waals surface area contributed by atoms with Gasteiger partial charge in [0.1, 0.15) is 24.7 Å². The molecule has 0 aliphatic rings. The van der Waals surface area contributed by atoms with Crippen LogP contribution in [0.3, 0.4) is 0 Å². The molecule has 220 valence electrons. The molecule has 39 heavy (non-hydrogen) atoms. The summed E-state index contributed by atoms with van der Waals surface area (Å²) in [6, 6.07) is -4.91. The summed E-state index contributed by atoms with van der Waals surface area (Å²) in [7, 11) is 3.53. The van der Waals surface area contributed by atoms with Gasteiger partial charge in [-0.05, 0) is 13.3 Å². The predicted molar refractivity (Wildman–Crippen MR) is 133 cm³/mol. The molecule has 0 fully saturated rings. The molecule has 0 saturated heterocycles. The van der Waals surface area contributed by atoms with E-state index < -0.39 is 78.7 Å². The molecule has 0 saturated carbocycles. The Morgan fingerprint density at radius 1 is 0.846 bits per heavy atom. The molecule has 0 aromatic heterocycles. The Bertz CT molecular complexity index is 894. The summed E-state index contributed by atoms with van der Waals surface area (Å²) < 4.78 is 19.0. The molecular weight excluding hydrogens is 522 g/mol. The van der Waals surface area contributed by atoms with E-state index in [2.05, 4.69) is 37.3 Å². The van der Waals surface area contributed by atoms with Crippen molar-refractivity contribution in [2.75, 3.05) is 41.1 Å². The molecule has 0 rings (SSSR count). The molecule has 0 aliphatic heterocycles. The molecule has 16 nitrogen and oxygen atoms in total. The first-order chi connectivity index (χ1) is 18.4. The molecule has 4 unspecified atom stereocenters. The van der Waals surface area contributed by atoms with Crippen molar-refractivity contribution in [2.24, 2.45) is 5.73 Å². The minimum absolute atomic E-state index is 0.136. The van der Waals surface area contributed by atoms with Crippen molar-refractivity contribution < 1.29 is 52.5 Å². The molecule has 0 aliphatic carbocycles. The molecule has 0 heterocycles. The number of methoxy groups -OCH3 is 3. The number of esters is 3. The summed E-state index contributed by atoms with van der Waals surface area (Å²) in [5, 5.41) is 9.25. The van der Waals surface area contributed by atoms with E-state index in [4.69, 9.17) is 15.2 Å². The van der Waals surface area contributed by atoms with Crippen LogP contribution in [0, 0.1) is 0 Å². The van der Waals surface area contributed by atoms with Crippen molar-refractivity contribution in [3.63, 3.8) is 0 Å². The molecular formula is C23H37N5O11. The lowest BCUT2D eigenvalue weighted by molar-refractivity contribution is -0.148. The van der Waals surface area contributed by atoms with Gasteiger partial charge in [0.25, 0.3) is 0 Å². The maximum atomic E-state index is 12.8. The Balaban J connectivity index is 5.29. The summed E-state index contributed by atoms with van der Waals surface area (Å²) >= 11 is 0. The average Bonchev–Trinajstić information content (AvgIpc) is 2.91. The van der Waals surface area contributed by atoms with Gasteiger partial charge in [0.15, 0.2) is 0 Å². The number of hydrogen-bond donors (Lipinski definition) is 5. The van der Waals surface area contributed by atoms with Crippen LogP contribution in [-0.4, -0.2) is 107 Å². The zero-order valence-corrected chi connectivity index (χ0v) is 22.4. The first-order valence-corrected chi connectivity index (χ1v) is 11.7. The van der Waals surface area contributed by atoms with Crippen LogP contribution < -0.4 is 27.0 Å². The van der Waals surface area contributed by atoms with Crippen LogP contribution in [-0.2, 0) is 52.5 Å². The third kappa shape index (κ3) is 14.5. The zero-order valence-electron chi connectivity index (χ0n) is 22.4. The Morgan fingerprint density at radius 3 is 2.00 bits per heavy atom. The van der Waals surface area contributed by atoms with E-state index in [-0.39, 0.29) is 26.1 Å². The van der Waals surface area contributed by atoms with Gasteiger partial charge < -0.3 is 45.9 Å². The van der Waals surface area contributed by atoms with Crippen LogP contribution in [0.2, 0.25) is 0 Å². The van der Waals surface area contributed by atoms with Crippen molar-refractivity contribution in [1.29, 1.82) is 0 Å². The van der Waals surface area contributed by atoms with Crippen LogP contribution in [0.5, 0.6) is 0 Å². The number of nitrogens with one attached hydrogen (secondary N) is 4. The summed E-state index contributed by atoms with van der Waals surface area (Å²) in [4.78, 5) is 85.1. The highest BCUT2D eigenvalue weighted by Crippen LogP contribution is 2.04. The smallest absolute Gasteiger partial charge is 0.328 e. The molecule has 0 radical (unpaired) electrons. The molecule has 0 spiro atoms. The quantitative estimate of drug-likeness (QED) is 0.0635. The topological polar surface area (TPSA) is 231 Å². The fourth-order valence-electron chi connectivity index (χ4n) is 2.78. The third-order valence-electron chi connectivity index (χ3n) is 4.86. The van der Waals surface area contributed by atoms with Gasteiger partial charge in [-0.2, -0.15) is 0 Å². The van der Waals surface area contributed by atoms with Gasteiger partial charge in [0.05, 0.1) is 39.8 Å². The maximum Gasteiger partial charge on any atom is 0.328 e. The highest BCUT2D eigenvalue weighted by molar-refractivity contribution is 5.95. The Labute approximate surface area is 225 Å². The van der Waals surface area contributed by atoms with Crippen molar-refractivity contribution in [2.45, 2.75) is 50.4 Å². The van der Waals surface area contributed by atoms with Gasteiger partial charge in [0.2, 0.25) is 23.6 Å². The first-order valence-electron chi connectivity index (χ1n) is 11.7. The SMILES string of the molecule is C=CCOC(=O)C(CCC(=O)OC)NC(=O)C(COC)NC(=O)CNC(=O)C(CC(=O)OC)NC(=O)C(C)N. The molecule has 0 aromatic rings. The summed E-state index contributed by atoms with van der Waals surface area (Å²) in [6.45, 7) is 3.70. The Morgan fingerprint density at radius 2 is 1.46 bits per heavy atom. The van der Waals surface area contributed by atoms with E-state index >= 15 is 0 Å². The standard InChI is InChI=1S/C23H37N5O11/c1-6-9-39-23(35)14(7-8-18(30)37-4)27-22(34)16(12-36-3)26-17(29)11-25-21(33)15(10-19(31)38-5)28-20(32)13(2)24/h6,13-16H,1,7-12,24H2,2-5H3,(H,25,33)(H,26,29)(H,27,34)(H,28,32). The van der Waals surface area contributed by atoms with Crippen LogP contribution in [0.4, 0.5) is 0 Å². The molecule has 0 bridgehead atoms. The van der Waals surface area contributed by atoms with Crippen LogP contribution in [0.25, 0.3) is 0 Å². The van der Waals surface area contributed by atoms with Crippen LogP contribution in [0.1, 0.15) is 26.2 Å². The number of nitrogens with two attached hydrogens (primary N) is 1. The van der Waals surface area contributed by atoms with E-state index in [0.29, 0.717) is 0 Å². The predicted octanol–water partition coefficient (Wildman–Crippen LogP) is -3.20. The number of amides is 4. The van der Waals surface area contributed by atoms with Gasteiger partial charge in [-0.15, -0.1) is 0 Å². The highest BCUT2D eigenvalue weighted by atomic mass is 16.5. The van der Waals surface area contributed by atoms with Crippen LogP contribution in [0.15, 0.2) is 12.7 Å².